The zero-order chi connectivity index (χ0) is 20.4. The fraction of sp³-hybridized carbons (Fsp3) is 0.500. The Balaban J connectivity index is 1.78. The summed E-state index contributed by atoms with van der Waals surface area (Å²) in [7, 11) is 0. The van der Waals surface area contributed by atoms with Crippen molar-refractivity contribution in [3.8, 4) is 0 Å². The molecule has 1 aromatic carbocycles. The van der Waals surface area contributed by atoms with E-state index in [2.05, 4.69) is 27.7 Å². The van der Waals surface area contributed by atoms with E-state index in [1.165, 1.54) is 16.8 Å². The van der Waals surface area contributed by atoms with Crippen LogP contribution in [0.25, 0.3) is 5.57 Å². The first-order chi connectivity index (χ1) is 14.1. The quantitative estimate of drug-likeness (QED) is 0.653. The summed E-state index contributed by atoms with van der Waals surface area (Å²) >= 11 is 12.8. The average Bonchev–Trinajstić information content (AvgIpc) is 3.30. The van der Waals surface area contributed by atoms with E-state index in [0.717, 1.165) is 56.3 Å². The van der Waals surface area contributed by atoms with Crippen LogP contribution in [0.2, 0.25) is 10.0 Å². The van der Waals surface area contributed by atoms with Gasteiger partial charge in [0.25, 0.3) is 0 Å². The van der Waals surface area contributed by atoms with Gasteiger partial charge in [-0.05, 0) is 48.1 Å². The molecule has 2 atom stereocenters. The molecule has 2 unspecified atom stereocenters. The van der Waals surface area contributed by atoms with Gasteiger partial charge in [-0.3, -0.25) is 4.39 Å². The van der Waals surface area contributed by atoms with E-state index in [0.29, 0.717) is 10.0 Å². The van der Waals surface area contributed by atoms with Crippen molar-refractivity contribution in [1.82, 2.24) is 15.8 Å². The van der Waals surface area contributed by atoms with E-state index in [4.69, 9.17) is 23.2 Å². The third kappa shape index (κ3) is 4.18. The van der Waals surface area contributed by atoms with Crippen molar-refractivity contribution in [2.75, 3.05) is 19.8 Å². The molecule has 4 rings (SSSR count). The highest BCUT2D eigenvalue weighted by atomic mass is 35.5. The van der Waals surface area contributed by atoms with Gasteiger partial charge in [-0.25, -0.2) is 10.4 Å². The molecule has 0 amide bonds. The number of benzene rings is 1. The highest BCUT2D eigenvalue weighted by Gasteiger charge is 2.34. The molecule has 4 nitrogen and oxygen atoms in total. The molecule has 2 aliphatic heterocycles. The minimum Gasteiger partial charge on any atom is -0.374 e. The summed E-state index contributed by atoms with van der Waals surface area (Å²) in [6.07, 6.45) is 6.39. The molecule has 1 fully saturated rings. The number of nitrogens with zero attached hydrogens (tertiary/aromatic N) is 2. The molecule has 0 bridgehead atoms. The average molecular weight is 437 g/mol. The van der Waals surface area contributed by atoms with Crippen LogP contribution < -0.4 is 10.9 Å². The van der Waals surface area contributed by atoms with Crippen molar-refractivity contribution in [3.63, 3.8) is 0 Å². The Morgan fingerprint density at radius 2 is 2.14 bits per heavy atom. The predicted molar refractivity (Wildman–Crippen MR) is 119 cm³/mol. The molecule has 2 N–H and O–H groups in total. The molecule has 2 heterocycles. The first-order valence-electron chi connectivity index (χ1n) is 10.4. The molecule has 1 aliphatic carbocycles. The monoisotopic (exact) mass is 436 g/mol. The Labute approximate surface area is 181 Å². The molecule has 3 aliphatic rings. The Bertz CT molecular complexity index is 864. The van der Waals surface area contributed by atoms with Crippen LogP contribution in [-0.4, -0.2) is 37.2 Å². The standard InChI is InChI=1S/C22H27Cl2FN4/c1-2-16-20(29-8-4-3-5-14(11-25)12-29)10-18(22-26-13-27-28-22)21(16)17-7-6-15(23)9-19(17)24/h6-7,9,13-14,22,28H,2-5,8,10-12H2,1H3,(H,26,27). The zero-order valence-electron chi connectivity index (χ0n) is 16.6. The van der Waals surface area contributed by atoms with Gasteiger partial charge in [-0.2, -0.15) is 0 Å². The van der Waals surface area contributed by atoms with E-state index in [1.54, 1.807) is 12.4 Å². The summed E-state index contributed by atoms with van der Waals surface area (Å²) < 4.78 is 13.5. The van der Waals surface area contributed by atoms with Gasteiger partial charge < -0.3 is 10.3 Å². The lowest BCUT2D eigenvalue weighted by Crippen LogP contribution is -2.33. The minimum absolute atomic E-state index is 0.110. The molecular formula is C22H27Cl2FN4. The highest BCUT2D eigenvalue weighted by molar-refractivity contribution is 6.36. The first kappa shape index (κ1) is 20.7. The van der Waals surface area contributed by atoms with E-state index < -0.39 is 0 Å². The van der Waals surface area contributed by atoms with Crippen molar-refractivity contribution in [1.29, 1.82) is 0 Å². The maximum absolute atomic E-state index is 13.5. The Kier molecular flexibility index (Phi) is 6.47. The number of likely N-dealkylation sites (tertiary alicyclic amines) is 1. The number of alkyl halides is 1. The number of nitrogens with one attached hydrogen (secondary N) is 2. The van der Waals surface area contributed by atoms with Crippen molar-refractivity contribution < 1.29 is 4.39 Å². The van der Waals surface area contributed by atoms with Gasteiger partial charge in [0.15, 0.2) is 0 Å². The number of hydrazine groups is 1. The molecule has 1 aromatic rings. The van der Waals surface area contributed by atoms with Crippen LogP contribution in [0.5, 0.6) is 0 Å². The zero-order valence-corrected chi connectivity index (χ0v) is 18.2. The lowest BCUT2D eigenvalue weighted by molar-refractivity contribution is 0.260. The molecule has 29 heavy (non-hydrogen) atoms. The van der Waals surface area contributed by atoms with Gasteiger partial charge in [-0.15, -0.1) is 0 Å². The summed E-state index contributed by atoms with van der Waals surface area (Å²) in [5.41, 5.74) is 12.1. The van der Waals surface area contributed by atoms with Crippen LogP contribution in [0, 0.1) is 5.92 Å². The van der Waals surface area contributed by atoms with Crippen LogP contribution in [0.1, 0.15) is 44.6 Å². The summed E-state index contributed by atoms with van der Waals surface area (Å²) in [5.74, 6) is 0.110. The lowest BCUT2D eigenvalue weighted by Gasteiger charge is -2.28. The third-order valence-corrected chi connectivity index (χ3v) is 6.64. The molecule has 0 spiro atoms. The largest absolute Gasteiger partial charge is 0.374 e. The topological polar surface area (TPSA) is 39.7 Å². The summed E-state index contributed by atoms with van der Waals surface area (Å²) in [6.45, 7) is 3.68. The van der Waals surface area contributed by atoms with Gasteiger partial charge in [0.05, 0.1) is 13.0 Å². The lowest BCUT2D eigenvalue weighted by atomic mass is 9.94. The Morgan fingerprint density at radius 1 is 1.28 bits per heavy atom. The van der Waals surface area contributed by atoms with E-state index in [-0.39, 0.29) is 18.8 Å². The van der Waals surface area contributed by atoms with Crippen LogP contribution >= 0.6 is 23.2 Å². The van der Waals surface area contributed by atoms with Gasteiger partial charge in [0.1, 0.15) is 6.17 Å². The molecule has 1 saturated heterocycles. The maximum atomic E-state index is 13.5. The van der Waals surface area contributed by atoms with Gasteiger partial charge in [0.2, 0.25) is 0 Å². The van der Waals surface area contributed by atoms with Crippen molar-refractivity contribution in [2.24, 2.45) is 10.9 Å². The third-order valence-electron chi connectivity index (χ3n) is 6.09. The van der Waals surface area contributed by atoms with Crippen LogP contribution in [0.4, 0.5) is 4.39 Å². The second-order valence-electron chi connectivity index (χ2n) is 7.91. The van der Waals surface area contributed by atoms with Gasteiger partial charge in [0, 0.05) is 46.7 Å². The molecular weight excluding hydrogens is 410 g/mol. The molecule has 0 aromatic heterocycles. The van der Waals surface area contributed by atoms with Gasteiger partial charge >= 0.3 is 0 Å². The van der Waals surface area contributed by atoms with Crippen molar-refractivity contribution in [2.45, 2.75) is 45.2 Å². The molecule has 156 valence electrons. The van der Waals surface area contributed by atoms with E-state index in [9.17, 15) is 4.39 Å². The number of rotatable bonds is 5. The van der Waals surface area contributed by atoms with E-state index >= 15 is 0 Å². The van der Waals surface area contributed by atoms with Crippen molar-refractivity contribution in [3.05, 3.63) is 50.7 Å². The molecule has 0 radical (unpaired) electrons. The fourth-order valence-corrected chi connectivity index (χ4v) is 5.20. The highest BCUT2D eigenvalue weighted by Crippen LogP contribution is 2.46. The van der Waals surface area contributed by atoms with Crippen LogP contribution in [0.3, 0.4) is 0 Å². The fourth-order valence-electron chi connectivity index (χ4n) is 4.70. The van der Waals surface area contributed by atoms with Crippen LogP contribution in [-0.2, 0) is 0 Å². The molecule has 0 saturated carbocycles. The SMILES string of the molecule is CCC1=C(N2CCCCC(CF)C2)CC(C2N=CNN2)=C1c1ccc(Cl)cc1Cl. The predicted octanol–water partition coefficient (Wildman–Crippen LogP) is 5.35. The summed E-state index contributed by atoms with van der Waals surface area (Å²) in [6, 6.07) is 5.67. The number of hydrogen-bond donors (Lipinski definition) is 2. The minimum atomic E-state index is -0.250. The Hall–Kier alpha value is -1.56. The Morgan fingerprint density at radius 3 is 2.83 bits per heavy atom. The maximum Gasteiger partial charge on any atom is 0.140 e. The smallest absolute Gasteiger partial charge is 0.140 e. The number of hydrogen-bond acceptors (Lipinski definition) is 4. The second-order valence-corrected chi connectivity index (χ2v) is 8.76. The number of halogens is 3. The number of allylic oxidation sites excluding steroid dienone is 3. The number of aliphatic imine (C=N–C) groups is 1. The van der Waals surface area contributed by atoms with Gasteiger partial charge in [-0.1, -0.05) is 42.6 Å². The second kappa shape index (κ2) is 9.07. The van der Waals surface area contributed by atoms with Crippen molar-refractivity contribution >= 4 is 35.1 Å². The van der Waals surface area contributed by atoms with Crippen LogP contribution in [0.15, 0.2) is 40.0 Å². The normalized spacial score (nSPS) is 25.0. The summed E-state index contributed by atoms with van der Waals surface area (Å²) in [5, 5.41) is 1.27. The van der Waals surface area contributed by atoms with E-state index in [1.807, 2.05) is 12.1 Å². The summed E-state index contributed by atoms with van der Waals surface area (Å²) in [4.78, 5) is 6.97. The first-order valence-corrected chi connectivity index (χ1v) is 11.1. The molecule has 7 heteroatoms.